The molecule has 68 heavy (non-hydrogen) atoms. The van der Waals surface area contributed by atoms with Crippen molar-refractivity contribution in [1.29, 1.82) is 0 Å². The van der Waals surface area contributed by atoms with Crippen molar-refractivity contribution in [3.8, 4) is 33.4 Å². The second-order valence-corrected chi connectivity index (χ2v) is 19.7. The van der Waals surface area contributed by atoms with Gasteiger partial charge in [-0.1, -0.05) is 139 Å². The number of aromatic amines is 2. The zero-order valence-electron chi connectivity index (χ0n) is 41.5. The molecule has 0 saturated heterocycles. The third-order valence-corrected chi connectivity index (χ3v) is 14.7. The van der Waals surface area contributed by atoms with Gasteiger partial charge in [-0.05, 0) is 149 Å². The van der Waals surface area contributed by atoms with Gasteiger partial charge < -0.3 is 15.3 Å². The highest BCUT2D eigenvalue weighted by Crippen LogP contribution is 2.43. The number of carbonyl (C=O) groups excluding carboxylic acids is 1. The first-order valence-corrected chi connectivity index (χ1v) is 24.5. The number of allylic oxidation sites excluding steroid dienone is 1. The van der Waals surface area contributed by atoms with Crippen molar-refractivity contribution in [1.82, 2.24) is 19.9 Å². The van der Waals surface area contributed by atoms with Crippen LogP contribution >= 0.6 is 0 Å². The van der Waals surface area contributed by atoms with Gasteiger partial charge in [0.1, 0.15) is 0 Å². The summed E-state index contributed by atoms with van der Waals surface area (Å²) in [5, 5.41) is 3.41. The molecule has 8 bridgehead atoms. The van der Waals surface area contributed by atoms with Gasteiger partial charge >= 0.3 is 0 Å². The second-order valence-electron chi connectivity index (χ2n) is 19.7. The highest BCUT2D eigenvalue weighted by Gasteiger charge is 2.32. The van der Waals surface area contributed by atoms with E-state index in [0.29, 0.717) is 24.7 Å². The van der Waals surface area contributed by atoms with Crippen molar-refractivity contribution in [3.05, 3.63) is 177 Å². The van der Waals surface area contributed by atoms with Crippen LogP contribution in [0.15, 0.2) is 116 Å². The van der Waals surface area contributed by atoms with Crippen LogP contribution in [0.1, 0.15) is 147 Å². The minimum Gasteiger partial charge on any atom is -0.355 e. The molecule has 0 unspecified atom stereocenters. The van der Waals surface area contributed by atoms with Gasteiger partial charge in [-0.2, -0.15) is 0 Å². The summed E-state index contributed by atoms with van der Waals surface area (Å²) >= 11 is 0. The fourth-order valence-corrected chi connectivity index (χ4v) is 10.2. The molecule has 9 rings (SSSR count). The Kier molecular flexibility index (Phi) is 12.8. The summed E-state index contributed by atoms with van der Waals surface area (Å²) in [6.45, 7) is 26.2. The predicted octanol–water partition coefficient (Wildman–Crippen LogP) is 16.6. The summed E-state index contributed by atoms with van der Waals surface area (Å²) in [6, 6.07) is 39.4. The van der Waals surface area contributed by atoms with Crippen LogP contribution < -0.4 is 5.32 Å². The molecule has 0 spiro atoms. The third kappa shape index (κ3) is 8.92. The molecule has 0 saturated carbocycles. The monoisotopic (exact) mass is 896 g/mol. The number of fused-ring (bicyclic) bond motifs is 8. The van der Waals surface area contributed by atoms with Crippen LogP contribution in [0.4, 0.5) is 5.69 Å². The number of anilines is 1. The van der Waals surface area contributed by atoms with E-state index in [1.807, 2.05) is 6.08 Å². The van der Waals surface area contributed by atoms with Gasteiger partial charge in [0.25, 0.3) is 0 Å². The number of hydrogen-bond acceptors (Lipinski definition) is 3. The molecule has 7 aromatic rings. The summed E-state index contributed by atoms with van der Waals surface area (Å²) in [4.78, 5) is 32.6. The Bertz CT molecular complexity index is 3270. The topological polar surface area (TPSA) is 86.5 Å². The van der Waals surface area contributed by atoms with Crippen molar-refractivity contribution >= 4 is 51.4 Å². The van der Waals surface area contributed by atoms with Crippen LogP contribution in [-0.2, 0) is 11.2 Å². The maximum absolute atomic E-state index is 14.5. The minimum absolute atomic E-state index is 0.000364. The average Bonchev–Trinajstić information content (AvgIpc) is 4.05. The van der Waals surface area contributed by atoms with E-state index in [2.05, 4.69) is 206 Å². The molecule has 4 aromatic carbocycles. The van der Waals surface area contributed by atoms with E-state index < -0.39 is 0 Å². The lowest BCUT2D eigenvalue weighted by Gasteiger charge is -2.18. The van der Waals surface area contributed by atoms with E-state index in [0.717, 1.165) is 107 Å². The number of nitrogens with one attached hydrogen (secondary N) is 3. The SMILES string of the molecule is C=Cc1c(C)c2cc3nc(c(C)c4nc(cc5[nH]c(cc1[nH]2)c(C)c5CC)C(C)=C4)[C@@H](CCC(=O)Nc1cc(-c2ccc(C(C)C)cc2)ccc1-c1ccc(-c2ccc(C(C)C)cc2)cc1)[C@@H]3C. The van der Waals surface area contributed by atoms with Crippen LogP contribution in [0.2, 0.25) is 0 Å². The van der Waals surface area contributed by atoms with Crippen LogP contribution in [0.25, 0.3) is 73.2 Å². The quantitative estimate of drug-likeness (QED) is 0.121. The van der Waals surface area contributed by atoms with E-state index in [1.54, 1.807) is 0 Å². The Morgan fingerprint density at radius 3 is 1.87 bits per heavy atom. The molecule has 344 valence electrons. The average molecular weight is 896 g/mol. The van der Waals surface area contributed by atoms with Gasteiger partial charge in [0, 0.05) is 68.5 Å². The number of rotatable bonds is 11. The molecule has 0 fully saturated rings. The van der Waals surface area contributed by atoms with Gasteiger partial charge in [0.15, 0.2) is 0 Å². The molecule has 2 aliphatic rings. The first-order valence-electron chi connectivity index (χ1n) is 24.5. The van der Waals surface area contributed by atoms with Gasteiger partial charge in [-0.25, -0.2) is 4.98 Å². The van der Waals surface area contributed by atoms with Crippen LogP contribution in [0, 0.1) is 20.8 Å². The summed E-state index contributed by atoms with van der Waals surface area (Å²) in [5.41, 5.74) is 24.9. The number of aromatic nitrogens is 4. The fourth-order valence-electron chi connectivity index (χ4n) is 10.2. The first-order chi connectivity index (χ1) is 32.7. The fraction of sp³-hybridized carbons (Fsp3) is 0.274. The highest BCUT2D eigenvalue weighted by atomic mass is 16.1. The van der Waals surface area contributed by atoms with Crippen LogP contribution in [0.3, 0.4) is 0 Å². The molecule has 2 atom stereocenters. The Balaban J connectivity index is 1.07. The Hall–Kier alpha value is -7.05. The number of H-pyrrole nitrogens is 2. The summed E-state index contributed by atoms with van der Waals surface area (Å²) in [7, 11) is 0. The van der Waals surface area contributed by atoms with Crippen molar-refractivity contribution in [2.45, 2.75) is 112 Å². The lowest BCUT2D eigenvalue weighted by atomic mass is 9.85. The highest BCUT2D eigenvalue weighted by molar-refractivity contribution is 5.97. The van der Waals surface area contributed by atoms with Gasteiger partial charge in [0.2, 0.25) is 5.91 Å². The van der Waals surface area contributed by atoms with Gasteiger partial charge in [-0.15, -0.1) is 0 Å². The van der Waals surface area contributed by atoms with Crippen molar-refractivity contribution in [2.24, 2.45) is 0 Å². The van der Waals surface area contributed by atoms with E-state index in [-0.39, 0.29) is 17.7 Å². The predicted molar refractivity (Wildman–Crippen MR) is 288 cm³/mol. The number of carbonyl (C=O) groups is 1. The Labute approximate surface area is 402 Å². The Morgan fingerprint density at radius 1 is 0.676 bits per heavy atom. The summed E-state index contributed by atoms with van der Waals surface area (Å²) < 4.78 is 0. The van der Waals surface area contributed by atoms with Gasteiger partial charge in [0.05, 0.1) is 11.4 Å². The Morgan fingerprint density at radius 2 is 1.25 bits per heavy atom. The third-order valence-electron chi connectivity index (χ3n) is 14.7. The maximum Gasteiger partial charge on any atom is 0.224 e. The maximum atomic E-state index is 14.5. The molecule has 0 radical (unpaired) electrons. The van der Waals surface area contributed by atoms with E-state index in [4.69, 9.17) is 9.97 Å². The number of hydrogen-bond donors (Lipinski definition) is 3. The molecule has 3 aromatic heterocycles. The largest absolute Gasteiger partial charge is 0.355 e. The van der Waals surface area contributed by atoms with E-state index >= 15 is 0 Å². The smallest absolute Gasteiger partial charge is 0.224 e. The number of benzene rings is 4. The molecular weight excluding hydrogens is 831 g/mol. The van der Waals surface area contributed by atoms with Crippen molar-refractivity contribution < 1.29 is 4.79 Å². The van der Waals surface area contributed by atoms with E-state index in [1.165, 1.54) is 27.8 Å². The lowest BCUT2D eigenvalue weighted by molar-refractivity contribution is -0.116. The van der Waals surface area contributed by atoms with Crippen molar-refractivity contribution in [2.75, 3.05) is 5.32 Å². The number of aryl methyl sites for hydroxylation is 3. The zero-order chi connectivity index (χ0) is 48.0. The molecule has 6 nitrogen and oxygen atoms in total. The summed E-state index contributed by atoms with van der Waals surface area (Å²) in [6.07, 6.45) is 5.98. The molecule has 1 amide bonds. The zero-order valence-corrected chi connectivity index (χ0v) is 41.5. The number of amides is 1. The first kappa shape index (κ1) is 46.1. The molecule has 6 heteroatoms. The molecule has 5 heterocycles. The summed E-state index contributed by atoms with van der Waals surface area (Å²) in [5.74, 6) is 0.960. The van der Waals surface area contributed by atoms with Crippen molar-refractivity contribution in [3.63, 3.8) is 0 Å². The number of nitrogens with zero attached hydrogens (tertiary/aromatic N) is 2. The molecule has 2 aliphatic heterocycles. The van der Waals surface area contributed by atoms with Gasteiger partial charge in [-0.3, -0.25) is 9.78 Å². The van der Waals surface area contributed by atoms with Crippen LogP contribution in [-0.4, -0.2) is 25.8 Å². The lowest BCUT2D eigenvalue weighted by Crippen LogP contribution is -2.15. The second kappa shape index (κ2) is 18.9. The normalized spacial score (nSPS) is 14.7. The molecular formula is C62H65N5O. The minimum atomic E-state index is -0.0252. The molecule has 0 aliphatic carbocycles. The molecule has 3 N–H and O–H groups in total. The van der Waals surface area contributed by atoms with E-state index in [9.17, 15) is 4.79 Å². The standard InChI is InChI=1S/C62H65N5O/c1-12-49-39(9)56-34-60-50(13-2)38(8)55(64-60)33-57-40(10)51(62(67-57)41(11)54-30-37(7)53(63-54)32-59(49)65-56)28-29-61(68)66-58-31-48(46-20-16-43(17-21-46)36(5)6)26-27-52(58)47-24-22-45(23-25-47)44-18-14-42(15-19-44)35(3)4/h13-27,30-36,40,51,64-65H,2,12,28-29H2,1,3-11H3,(H,66,68)/t40-,51-/m0/s1. The van der Waals surface area contributed by atoms with Crippen LogP contribution in [0.5, 0.6) is 0 Å².